The standard InChI is InChI=1S/C67H82F2N14O14/c68-42-12-16-49-47(29-42)40(32-74-49)25-52-57(86)27-39(28-60(89)90)63(93)81-54(31-44-34-72-36-77-44)65(95)82-55(23-37-10-14-45(84)15-11-37)67(97)83-22-6-9-56(83)66(96)79-51(61(71)91)18-19-58(87)73-21-5-1-2-8-46(85)24-38(7-3-4-20-70)62(92)76-35-59(88)78-53(64(94)80-52)26-41-33-75-50-17-13-43(69)30-48(41)50/h10-17,29-30,32-34,36,38-39,51-56,74-75,84H,1-9,18-28,31,35,70H2,(H2,71,91)(H,72,77)(H,73,87)(H,76,92)(H,78,88)(H,79,96)(H,80,94)(H,81,93)(H,82,95)(H,89,90)/t38-,39+,51+,52+,53+,54+,55+,56+/m1/s1. The number of unbranched alkanes of at least 4 members (excludes halogenated alkanes) is 1. The van der Waals surface area contributed by atoms with Crippen molar-refractivity contribution in [2.45, 2.75) is 152 Å². The van der Waals surface area contributed by atoms with Crippen molar-refractivity contribution >= 4 is 92.5 Å². The van der Waals surface area contributed by atoms with Crippen molar-refractivity contribution in [1.29, 1.82) is 0 Å². The first kappa shape index (κ1) is 72.4. The molecule has 0 unspecified atom stereocenters. The van der Waals surface area contributed by atoms with Gasteiger partial charge in [-0.1, -0.05) is 25.0 Å². The van der Waals surface area contributed by atoms with Gasteiger partial charge in [-0.05, 0) is 117 Å². The van der Waals surface area contributed by atoms with E-state index < -0.39 is 150 Å². The van der Waals surface area contributed by atoms with Crippen molar-refractivity contribution in [2.75, 3.05) is 26.2 Å². The van der Waals surface area contributed by atoms with E-state index in [9.17, 15) is 66.9 Å². The number of hydrogen-bond donors (Lipinski definition) is 14. The smallest absolute Gasteiger partial charge is 0.304 e. The number of phenolic OH excluding ortho intramolecular Hbond substituents is 1. The number of H-pyrrole nitrogens is 3. The Balaban J connectivity index is 1.13. The lowest BCUT2D eigenvalue weighted by atomic mass is 9.91. The predicted molar refractivity (Wildman–Crippen MR) is 347 cm³/mol. The van der Waals surface area contributed by atoms with Gasteiger partial charge in [-0.15, -0.1) is 0 Å². The minimum Gasteiger partial charge on any atom is -0.508 e. The summed E-state index contributed by atoms with van der Waals surface area (Å²) in [4.78, 5) is 183. The van der Waals surface area contributed by atoms with Crippen LogP contribution < -0.4 is 48.7 Å². The van der Waals surface area contributed by atoms with Gasteiger partial charge in [0.2, 0.25) is 53.2 Å². The summed E-state index contributed by atoms with van der Waals surface area (Å²) >= 11 is 0. The van der Waals surface area contributed by atoms with Crippen molar-refractivity contribution < 1.29 is 76.5 Å². The number of imidazole rings is 1. The van der Waals surface area contributed by atoms with Gasteiger partial charge in [0.05, 0.1) is 31.3 Å². The van der Waals surface area contributed by atoms with Crippen LogP contribution in [0.4, 0.5) is 8.78 Å². The molecule has 2 fully saturated rings. The summed E-state index contributed by atoms with van der Waals surface area (Å²) in [7, 11) is 0. The number of primary amides is 1. The number of aromatic nitrogens is 4. The van der Waals surface area contributed by atoms with Crippen LogP contribution in [0.15, 0.2) is 85.6 Å². The number of aromatic hydroxyl groups is 1. The van der Waals surface area contributed by atoms with Gasteiger partial charge in [0.15, 0.2) is 5.78 Å². The Kier molecular flexibility index (Phi) is 26.0. The molecule has 518 valence electrons. The lowest BCUT2D eigenvalue weighted by molar-refractivity contribution is -0.143. The summed E-state index contributed by atoms with van der Waals surface area (Å²) in [5.74, 6) is -14.5. The van der Waals surface area contributed by atoms with Crippen molar-refractivity contribution in [3.8, 4) is 5.75 Å². The molecule has 0 spiro atoms. The van der Waals surface area contributed by atoms with Crippen LogP contribution in [0.1, 0.15) is 112 Å². The van der Waals surface area contributed by atoms with Crippen molar-refractivity contribution in [2.24, 2.45) is 23.3 Å². The van der Waals surface area contributed by atoms with Gasteiger partial charge < -0.3 is 78.7 Å². The fraction of sp³-hybridized carbons (Fsp3) is 0.448. The Morgan fingerprint density at radius 2 is 1.27 bits per heavy atom. The van der Waals surface area contributed by atoms with Crippen molar-refractivity contribution in [3.05, 3.63) is 120 Å². The summed E-state index contributed by atoms with van der Waals surface area (Å²) in [6.45, 7) is -0.200. The van der Waals surface area contributed by atoms with E-state index >= 15 is 9.59 Å². The number of rotatable bonds is 15. The largest absolute Gasteiger partial charge is 0.508 e. The van der Waals surface area contributed by atoms with Crippen LogP contribution in [0.25, 0.3) is 21.8 Å². The fourth-order valence-corrected chi connectivity index (χ4v) is 12.2. The number of benzene rings is 3. The van der Waals surface area contributed by atoms with Gasteiger partial charge >= 0.3 is 5.97 Å². The number of hydrogen-bond acceptors (Lipinski definition) is 15. The zero-order chi connectivity index (χ0) is 69.7. The van der Waals surface area contributed by atoms with E-state index in [4.69, 9.17) is 11.5 Å². The maximum Gasteiger partial charge on any atom is 0.304 e. The molecule has 16 N–H and O–H groups in total. The number of nitrogens with one attached hydrogen (secondary N) is 10. The number of phenols is 1. The Morgan fingerprint density at radius 3 is 1.91 bits per heavy atom. The SMILES string of the molecule is NCCCC[C@@H]1CC(=O)CCCCCNC(=O)CC[C@@H](C(N)=O)NC(=O)[C@@H]2CCCN2C(=O)[C@H](Cc2ccc(O)cc2)NC(=O)[C@H](Cc2cnc[nH]2)NC(=O)[C@H](CC(=O)O)CC(=O)[C@H](Cc2c[nH]c3ccc(F)cc23)NC(=O)[C@H](Cc2c[nH]c3ccc(F)cc23)NC(=O)CNC1=O. The van der Waals surface area contributed by atoms with Crippen LogP contribution in [-0.2, 0) is 83.2 Å². The number of nitrogens with two attached hydrogens (primary N) is 2. The molecule has 0 bridgehead atoms. The van der Waals surface area contributed by atoms with E-state index in [-0.39, 0.29) is 99.1 Å². The number of ketones is 2. The maximum atomic E-state index is 15.1. The zero-order valence-electron chi connectivity index (χ0n) is 53.4. The lowest BCUT2D eigenvalue weighted by Crippen LogP contribution is -2.59. The molecule has 97 heavy (non-hydrogen) atoms. The highest BCUT2D eigenvalue weighted by molar-refractivity contribution is 6.00. The van der Waals surface area contributed by atoms with Crippen molar-refractivity contribution in [1.82, 2.24) is 62.1 Å². The summed E-state index contributed by atoms with van der Waals surface area (Å²) in [5, 5.41) is 39.5. The highest BCUT2D eigenvalue weighted by Crippen LogP contribution is 2.26. The maximum absolute atomic E-state index is 15.1. The van der Waals surface area contributed by atoms with E-state index in [0.29, 0.717) is 72.6 Å². The number of nitrogens with zero attached hydrogens (tertiary/aromatic N) is 2. The van der Waals surface area contributed by atoms with E-state index in [2.05, 4.69) is 57.2 Å². The monoisotopic (exact) mass is 1340 g/mol. The van der Waals surface area contributed by atoms with Gasteiger partial charge in [-0.2, -0.15) is 0 Å². The number of carboxylic acids is 1. The Bertz CT molecular complexity index is 3820. The Hall–Kier alpha value is -10.4. The second-order valence-electron chi connectivity index (χ2n) is 24.6. The molecule has 8 rings (SSSR count). The summed E-state index contributed by atoms with van der Waals surface area (Å²) in [6, 6.07) is 4.31. The van der Waals surface area contributed by atoms with E-state index in [1.54, 1.807) is 0 Å². The Labute approximate surface area is 555 Å². The number of Topliss-reactive ketones (excluding diaryl/α,β-unsaturated/α-hetero) is 2. The van der Waals surface area contributed by atoms with Crippen LogP contribution in [0, 0.1) is 23.5 Å². The van der Waals surface area contributed by atoms with Gasteiger partial charge in [0, 0.05) is 116 Å². The first-order valence-corrected chi connectivity index (χ1v) is 32.4. The molecular formula is C67H82F2N14O14. The lowest BCUT2D eigenvalue weighted by Gasteiger charge is -2.31. The molecular weight excluding hydrogens is 1260 g/mol. The van der Waals surface area contributed by atoms with Crippen LogP contribution >= 0.6 is 0 Å². The molecule has 3 aromatic heterocycles. The number of carbonyl (C=O) groups is 12. The molecule has 0 aliphatic carbocycles. The first-order valence-electron chi connectivity index (χ1n) is 32.4. The number of halogens is 2. The van der Waals surface area contributed by atoms with Gasteiger partial charge in [0.25, 0.3) is 0 Å². The topological polar surface area (TPSA) is 445 Å². The normalized spacial score (nSPS) is 22.8. The molecule has 5 heterocycles. The summed E-state index contributed by atoms with van der Waals surface area (Å²) in [5.41, 5.74) is 13.7. The Morgan fingerprint density at radius 1 is 0.619 bits per heavy atom. The molecule has 9 amide bonds. The number of carbonyl (C=O) groups excluding carboxylic acids is 11. The second-order valence-corrected chi connectivity index (χ2v) is 24.6. The predicted octanol–water partition coefficient (Wildman–Crippen LogP) is 1.87. The minimum atomic E-state index is -1.80. The quantitative estimate of drug-likeness (QED) is 0.0653. The zero-order valence-corrected chi connectivity index (χ0v) is 53.4. The third-order valence-corrected chi connectivity index (χ3v) is 17.4. The third-order valence-electron chi connectivity index (χ3n) is 17.4. The molecule has 30 heteroatoms. The second kappa shape index (κ2) is 34.9. The van der Waals surface area contributed by atoms with Crippen LogP contribution in [-0.4, -0.2) is 168 Å². The third kappa shape index (κ3) is 21.1. The van der Waals surface area contributed by atoms with Crippen LogP contribution in [0.2, 0.25) is 0 Å². The van der Waals surface area contributed by atoms with Crippen LogP contribution in [0.3, 0.4) is 0 Å². The number of fused-ring (bicyclic) bond motifs is 3. The molecule has 0 saturated carbocycles. The number of carboxylic acid groups (broad SMARTS) is 1. The highest BCUT2D eigenvalue weighted by Gasteiger charge is 2.41. The van der Waals surface area contributed by atoms with Gasteiger partial charge in [-0.3, -0.25) is 57.5 Å². The molecule has 28 nitrogen and oxygen atoms in total. The number of aliphatic carboxylic acids is 1. The van der Waals surface area contributed by atoms with E-state index in [0.717, 1.165) is 0 Å². The number of amides is 9. The molecule has 3 aromatic carbocycles. The number of aromatic amines is 3. The van der Waals surface area contributed by atoms with E-state index in [1.165, 1.54) is 90.5 Å². The average Bonchev–Trinajstić information content (AvgIpc) is 1.72. The molecule has 0 radical (unpaired) electrons. The summed E-state index contributed by atoms with van der Waals surface area (Å²) < 4.78 is 29.7. The first-order chi connectivity index (χ1) is 46.5. The molecule has 2 aliphatic rings. The fourth-order valence-electron chi connectivity index (χ4n) is 12.2. The molecule has 2 saturated heterocycles. The van der Waals surface area contributed by atoms with E-state index in [1.807, 2.05) is 0 Å². The molecule has 6 aromatic rings. The van der Waals surface area contributed by atoms with Crippen molar-refractivity contribution in [3.63, 3.8) is 0 Å². The molecule has 2 aliphatic heterocycles. The van der Waals surface area contributed by atoms with Crippen LogP contribution in [0.5, 0.6) is 5.75 Å². The van der Waals surface area contributed by atoms with Gasteiger partial charge in [-0.25, -0.2) is 13.8 Å². The molecule has 8 atom stereocenters. The summed E-state index contributed by atoms with van der Waals surface area (Å²) in [6.07, 6.45) is 4.68. The van der Waals surface area contributed by atoms with Gasteiger partial charge in [0.1, 0.15) is 53.4 Å². The highest BCUT2D eigenvalue weighted by atomic mass is 19.1. The minimum absolute atomic E-state index is 0.00203. The average molecular weight is 1350 g/mol.